The molecule has 1 aromatic rings. The zero-order valence-electron chi connectivity index (χ0n) is 14.6. The Morgan fingerprint density at radius 3 is 2.57 bits per heavy atom. The van der Waals surface area contributed by atoms with Gasteiger partial charge in [-0.05, 0) is 52.3 Å². The molecule has 0 aliphatic rings. The van der Waals surface area contributed by atoms with Gasteiger partial charge in [-0.3, -0.25) is 9.79 Å². The van der Waals surface area contributed by atoms with E-state index in [2.05, 4.69) is 41.7 Å². The summed E-state index contributed by atoms with van der Waals surface area (Å²) in [7, 11) is 0. The van der Waals surface area contributed by atoms with Crippen LogP contribution in [0.25, 0.3) is 0 Å². The smallest absolute Gasteiger partial charge is 0.226 e. The summed E-state index contributed by atoms with van der Waals surface area (Å²) < 4.78 is 0. The van der Waals surface area contributed by atoms with Crippen LogP contribution in [-0.4, -0.2) is 30.5 Å². The van der Waals surface area contributed by atoms with E-state index in [0.29, 0.717) is 29.6 Å². The first kappa shape index (κ1) is 19.3. The predicted octanol–water partition coefficient (Wildman–Crippen LogP) is 3.33. The third-order valence-electron chi connectivity index (χ3n) is 2.85. The number of guanidine groups is 1. The van der Waals surface area contributed by atoms with Gasteiger partial charge in [0, 0.05) is 18.5 Å². The molecule has 0 aliphatic heterocycles. The minimum absolute atomic E-state index is 0.0846. The number of hydrogen-bond donors (Lipinski definition) is 3. The zero-order valence-corrected chi connectivity index (χ0v) is 15.3. The van der Waals surface area contributed by atoms with Crippen molar-refractivity contribution >= 4 is 29.2 Å². The molecule has 0 heterocycles. The van der Waals surface area contributed by atoms with Gasteiger partial charge >= 0.3 is 0 Å². The van der Waals surface area contributed by atoms with Gasteiger partial charge in [-0.15, -0.1) is 0 Å². The molecule has 0 aliphatic carbocycles. The quantitative estimate of drug-likeness (QED) is 0.570. The second-order valence-corrected chi connectivity index (χ2v) is 6.82. The summed E-state index contributed by atoms with van der Waals surface area (Å²) in [6.07, 6.45) is 0.297. The van der Waals surface area contributed by atoms with Gasteiger partial charge in [0.25, 0.3) is 0 Å². The number of nitrogens with one attached hydrogen (secondary N) is 3. The maximum atomic E-state index is 12.0. The van der Waals surface area contributed by atoms with Crippen LogP contribution in [0, 0.1) is 6.92 Å². The third-order valence-corrected chi connectivity index (χ3v) is 3.16. The minimum atomic E-state index is -0.105. The summed E-state index contributed by atoms with van der Waals surface area (Å²) in [5.74, 6) is 0.604. The van der Waals surface area contributed by atoms with Crippen molar-refractivity contribution in [2.45, 2.75) is 46.6 Å². The lowest BCUT2D eigenvalue weighted by Gasteiger charge is -2.23. The molecule has 0 spiro atoms. The van der Waals surface area contributed by atoms with Gasteiger partial charge in [0.1, 0.15) is 0 Å². The molecule has 3 N–H and O–H groups in total. The number of carbonyl (C=O) groups excluding carboxylic acids is 1. The van der Waals surface area contributed by atoms with Crippen LogP contribution in [0.15, 0.2) is 23.2 Å². The lowest BCUT2D eigenvalue weighted by Crippen LogP contribution is -2.47. The number of carbonyl (C=O) groups is 1. The maximum absolute atomic E-state index is 12.0. The average molecular weight is 339 g/mol. The van der Waals surface area contributed by atoms with E-state index in [0.717, 1.165) is 12.1 Å². The van der Waals surface area contributed by atoms with Gasteiger partial charge < -0.3 is 16.0 Å². The molecule has 6 heteroatoms. The number of benzene rings is 1. The molecule has 0 fully saturated rings. The van der Waals surface area contributed by atoms with E-state index in [-0.39, 0.29) is 11.4 Å². The van der Waals surface area contributed by atoms with Crippen LogP contribution in [0.5, 0.6) is 0 Å². The highest BCUT2D eigenvalue weighted by Crippen LogP contribution is 2.22. The Morgan fingerprint density at radius 1 is 1.30 bits per heavy atom. The monoisotopic (exact) mass is 338 g/mol. The minimum Gasteiger partial charge on any atom is -0.357 e. The SMILES string of the molecule is CCNC(=NCCC(=O)Nc1ccc(C)cc1Cl)NC(C)(C)C. The lowest BCUT2D eigenvalue weighted by atomic mass is 10.1. The summed E-state index contributed by atoms with van der Waals surface area (Å²) >= 11 is 6.11. The molecule has 5 nitrogen and oxygen atoms in total. The molecule has 128 valence electrons. The van der Waals surface area contributed by atoms with E-state index >= 15 is 0 Å². The topological polar surface area (TPSA) is 65.5 Å². The molecular weight excluding hydrogens is 312 g/mol. The number of aliphatic imine (C=N–C) groups is 1. The van der Waals surface area contributed by atoms with Crippen molar-refractivity contribution in [1.29, 1.82) is 0 Å². The molecule has 0 saturated heterocycles. The summed E-state index contributed by atoms with van der Waals surface area (Å²) in [5.41, 5.74) is 1.60. The highest BCUT2D eigenvalue weighted by molar-refractivity contribution is 6.33. The predicted molar refractivity (Wildman–Crippen MR) is 98.3 cm³/mol. The molecule has 0 saturated carbocycles. The van der Waals surface area contributed by atoms with Gasteiger partial charge in [-0.2, -0.15) is 0 Å². The Labute approximate surface area is 143 Å². The van der Waals surface area contributed by atoms with Crippen LogP contribution in [0.1, 0.15) is 39.7 Å². The van der Waals surface area contributed by atoms with Crippen LogP contribution in [-0.2, 0) is 4.79 Å². The molecule has 0 unspecified atom stereocenters. The number of aryl methyl sites for hydroxylation is 1. The fourth-order valence-corrected chi connectivity index (χ4v) is 2.15. The van der Waals surface area contributed by atoms with E-state index in [4.69, 9.17) is 11.6 Å². The van der Waals surface area contributed by atoms with E-state index in [1.165, 1.54) is 0 Å². The summed E-state index contributed by atoms with van der Waals surface area (Å²) in [4.78, 5) is 16.4. The normalized spacial score (nSPS) is 12.0. The van der Waals surface area contributed by atoms with E-state index in [9.17, 15) is 4.79 Å². The van der Waals surface area contributed by atoms with Gasteiger partial charge in [0.05, 0.1) is 17.3 Å². The number of halogens is 1. The first-order valence-corrected chi connectivity index (χ1v) is 8.21. The van der Waals surface area contributed by atoms with Crippen molar-refractivity contribution in [2.75, 3.05) is 18.4 Å². The summed E-state index contributed by atoms with van der Waals surface area (Å²) in [6, 6.07) is 5.55. The van der Waals surface area contributed by atoms with Gasteiger partial charge in [-0.25, -0.2) is 0 Å². The van der Waals surface area contributed by atoms with Crippen molar-refractivity contribution in [3.05, 3.63) is 28.8 Å². The number of anilines is 1. The second-order valence-electron chi connectivity index (χ2n) is 6.42. The lowest BCUT2D eigenvalue weighted by molar-refractivity contribution is -0.116. The molecule has 1 aromatic carbocycles. The van der Waals surface area contributed by atoms with Gasteiger partial charge in [-0.1, -0.05) is 17.7 Å². The summed E-state index contributed by atoms with van der Waals surface area (Å²) in [5, 5.41) is 9.80. The van der Waals surface area contributed by atoms with Crippen molar-refractivity contribution in [1.82, 2.24) is 10.6 Å². The van der Waals surface area contributed by atoms with Crippen LogP contribution in [0.4, 0.5) is 5.69 Å². The fourth-order valence-electron chi connectivity index (χ4n) is 1.87. The van der Waals surface area contributed by atoms with Gasteiger partial charge in [0.15, 0.2) is 5.96 Å². The number of hydrogen-bond acceptors (Lipinski definition) is 2. The zero-order chi connectivity index (χ0) is 17.5. The highest BCUT2D eigenvalue weighted by atomic mass is 35.5. The first-order chi connectivity index (χ1) is 10.7. The Morgan fingerprint density at radius 2 is 2.00 bits per heavy atom. The molecule has 0 atom stereocenters. The number of rotatable bonds is 5. The van der Waals surface area contributed by atoms with E-state index < -0.39 is 0 Å². The molecule has 0 radical (unpaired) electrons. The molecular formula is C17H27ClN4O. The van der Waals surface area contributed by atoms with Crippen molar-refractivity contribution in [2.24, 2.45) is 4.99 Å². The van der Waals surface area contributed by atoms with Crippen LogP contribution in [0.2, 0.25) is 5.02 Å². The van der Waals surface area contributed by atoms with E-state index in [1.807, 2.05) is 32.0 Å². The Kier molecular flexibility index (Phi) is 7.36. The summed E-state index contributed by atoms with van der Waals surface area (Å²) in [6.45, 7) is 11.3. The van der Waals surface area contributed by atoms with Crippen LogP contribution in [0.3, 0.4) is 0 Å². The Balaban J connectivity index is 2.55. The standard InChI is InChI=1S/C17H27ClN4O/c1-6-19-16(22-17(3,4)5)20-10-9-15(23)21-14-8-7-12(2)11-13(14)18/h7-8,11H,6,9-10H2,1-5H3,(H,21,23)(H2,19,20,22). The third kappa shape index (κ3) is 7.88. The van der Waals surface area contributed by atoms with Crippen LogP contribution < -0.4 is 16.0 Å². The van der Waals surface area contributed by atoms with Gasteiger partial charge in [0.2, 0.25) is 5.91 Å². The Hall–Kier alpha value is -1.75. The van der Waals surface area contributed by atoms with Crippen LogP contribution >= 0.6 is 11.6 Å². The highest BCUT2D eigenvalue weighted by Gasteiger charge is 2.12. The molecule has 0 bridgehead atoms. The number of nitrogens with zero attached hydrogens (tertiary/aromatic N) is 1. The van der Waals surface area contributed by atoms with Crippen molar-refractivity contribution in [3.8, 4) is 0 Å². The molecule has 23 heavy (non-hydrogen) atoms. The van der Waals surface area contributed by atoms with Crippen molar-refractivity contribution < 1.29 is 4.79 Å². The molecule has 0 aromatic heterocycles. The second kappa shape index (κ2) is 8.77. The first-order valence-electron chi connectivity index (χ1n) is 7.84. The molecule has 1 amide bonds. The molecule has 1 rings (SSSR count). The average Bonchev–Trinajstić information content (AvgIpc) is 2.40. The number of amides is 1. The maximum Gasteiger partial charge on any atom is 0.226 e. The van der Waals surface area contributed by atoms with Crippen molar-refractivity contribution in [3.63, 3.8) is 0 Å². The van der Waals surface area contributed by atoms with E-state index in [1.54, 1.807) is 0 Å². The Bertz CT molecular complexity index is 564. The fraction of sp³-hybridized carbons (Fsp3) is 0.529. The largest absolute Gasteiger partial charge is 0.357 e.